The van der Waals surface area contributed by atoms with Gasteiger partial charge < -0.3 is 14.8 Å². The Kier molecular flexibility index (Phi) is 9.36. The number of benzene rings is 1. The van der Waals surface area contributed by atoms with Crippen LogP contribution >= 0.6 is 11.3 Å². The monoisotopic (exact) mass is 482 g/mol. The number of rotatable bonds is 11. The molecule has 1 aromatic heterocycles. The first-order chi connectivity index (χ1) is 15.2. The molecule has 0 spiro atoms. The Hall–Kier alpha value is -2.76. The van der Waals surface area contributed by atoms with Gasteiger partial charge in [0.25, 0.3) is 5.91 Å². The molecule has 1 amide bonds. The standard InChI is InChI=1S/C21H26N2O7S2/c1-4-23(5-2)32(27,28)16-9-6-15(7-10-16)8-11-19(25)30-14-18(24)22-17-12-13-31-20(17)21(26)29-3/h6-7,9-10,12-13H,4-5,8,11,14H2,1-3H3,(H,22,24). The van der Waals surface area contributed by atoms with Crippen molar-refractivity contribution in [2.45, 2.75) is 31.6 Å². The number of amides is 1. The summed E-state index contributed by atoms with van der Waals surface area (Å²) in [4.78, 5) is 36.0. The number of carbonyl (C=O) groups is 3. The average Bonchev–Trinajstić information content (AvgIpc) is 3.24. The SMILES string of the molecule is CCN(CC)S(=O)(=O)c1ccc(CCC(=O)OCC(=O)Nc2ccsc2C(=O)OC)cc1. The predicted molar refractivity (Wildman–Crippen MR) is 120 cm³/mol. The number of hydrogen-bond acceptors (Lipinski definition) is 8. The lowest BCUT2D eigenvalue weighted by Gasteiger charge is -2.18. The van der Waals surface area contributed by atoms with Crippen molar-refractivity contribution >= 4 is 44.9 Å². The molecule has 0 saturated heterocycles. The van der Waals surface area contributed by atoms with Crippen LogP contribution in [0.15, 0.2) is 40.6 Å². The van der Waals surface area contributed by atoms with E-state index in [2.05, 4.69) is 10.1 Å². The highest BCUT2D eigenvalue weighted by molar-refractivity contribution is 7.89. The van der Waals surface area contributed by atoms with Gasteiger partial charge in [0.2, 0.25) is 10.0 Å². The van der Waals surface area contributed by atoms with Crippen LogP contribution in [0.3, 0.4) is 0 Å². The van der Waals surface area contributed by atoms with E-state index in [0.29, 0.717) is 25.2 Å². The number of nitrogens with one attached hydrogen (secondary N) is 1. The van der Waals surface area contributed by atoms with Gasteiger partial charge >= 0.3 is 11.9 Å². The molecule has 11 heteroatoms. The Labute approximate surface area is 191 Å². The number of ether oxygens (including phenoxy) is 2. The lowest BCUT2D eigenvalue weighted by atomic mass is 10.1. The quantitative estimate of drug-likeness (QED) is 0.489. The first-order valence-electron chi connectivity index (χ1n) is 9.93. The van der Waals surface area contributed by atoms with Gasteiger partial charge in [-0.1, -0.05) is 26.0 Å². The first-order valence-corrected chi connectivity index (χ1v) is 12.2. The van der Waals surface area contributed by atoms with Crippen molar-refractivity contribution in [1.82, 2.24) is 4.31 Å². The Morgan fingerprint density at radius 2 is 1.72 bits per heavy atom. The fraction of sp³-hybridized carbons (Fsp3) is 0.381. The third-order valence-corrected chi connectivity index (χ3v) is 7.52. The van der Waals surface area contributed by atoms with E-state index in [1.807, 2.05) is 0 Å². The Balaban J connectivity index is 1.83. The van der Waals surface area contributed by atoms with E-state index in [1.54, 1.807) is 37.4 Å². The van der Waals surface area contributed by atoms with Gasteiger partial charge in [-0.05, 0) is 35.6 Å². The van der Waals surface area contributed by atoms with E-state index in [1.165, 1.54) is 23.5 Å². The Morgan fingerprint density at radius 3 is 2.31 bits per heavy atom. The van der Waals surface area contributed by atoms with Gasteiger partial charge in [-0.15, -0.1) is 11.3 Å². The summed E-state index contributed by atoms with van der Waals surface area (Å²) in [6.07, 6.45) is 0.365. The molecule has 9 nitrogen and oxygen atoms in total. The summed E-state index contributed by atoms with van der Waals surface area (Å²) >= 11 is 1.12. The van der Waals surface area contributed by atoms with Crippen LogP contribution in [0.25, 0.3) is 0 Å². The third-order valence-electron chi connectivity index (χ3n) is 4.56. The van der Waals surface area contributed by atoms with E-state index in [4.69, 9.17) is 4.74 Å². The number of methoxy groups -OCH3 is 1. The van der Waals surface area contributed by atoms with Crippen LogP contribution < -0.4 is 5.32 Å². The van der Waals surface area contributed by atoms with E-state index >= 15 is 0 Å². The van der Waals surface area contributed by atoms with Crippen molar-refractivity contribution in [1.29, 1.82) is 0 Å². The minimum Gasteiger partial charge on any atom is -0.465 e. The molecule has 2 rings (SSSR count). The fourth-order valence-electron chi connectivity index (χ4n) is 2.85. The van der Waals surface area contributed by atoms with E-state index < -0.39 is 34.5 Å². The molecule has 1 aromatic carbocycles. The van der Waals surface area contributed by atoms with Crippen molar-refractivity contribution in [3.05, 3.63) is 46.2 Å². The van der Waals surface area contributed by atoms with Crippen LogP contribution in [-0.2, 0) is 35.5 Å². The highest BCUT2D eigenvalue weighted by atomic mass is 32.2. The number of esters is 2. The number of carbonyl (C=O) groups excluding carboxylic acids is 3. The molecule has 0 unspecified atom stereocenters. The smallest absolute Gasteiger partial charge is 0.350 e. The van der Waals surface area contributed by atoms with Gasteiger partial charge in [-0.25, -0.2) is 13.2 Å². The maximum atomic E-state index is 12.5. The number of anilines is 1. The molecule has 2 aromatic rings. The molecule has 0 aliphatic heterocycles. The largest absolute Gasteiger partial charge is 0.465 e. The summed E-state index contributed by atoms with van der Waals surface area (Å²) in [5, 5.41) is 4.14. The Bertz CT molecular complexity index is 1040. The highest BCUT2D eigenvalue weighted by Gasteiger charge is 2.21. The molecule has 0 aliphatic rings. The van der Waals surface area contributed by atoms with Gasteiger partial charge in [-0.3, -0.25) is 9.59 Å². The lowest BCUT2D eigenvalue weighted by Crippen LogP contribution is -2.30. The molecule has 0 fully saturated rings. The molecular formula is C21H26N2O7S2. The maximum Gasteiger partial charge on any atom is 0.350 e. The van der Waals surface area contributed by atoms with Crippen molar-refractivity contribution in [2.24, 2.45) is 0 Å². The maximum absolute atomic E-state index is 12.5. The van der Waals surface area contributed by atoms with Crippen LogP contribution in [0.4, 0.5) is 5.69 Å². The molecule has 0 bridgehead atoms. The van der Waals surface area contributed by atoms with Crippen LogP contribution in [0.5, 0.6) is 0 Å². The summed E-state index contributed by atoms with van der Waals surface area (Å²) in [6.45, 7) is 3.84. The number of thiophene rings is 1. The molecule has 1 N–H and O–H groups in total. The van der Waals surface area contributed by atoms with Gasteiger partial charge in [0.05, 0.1) is 17.7 Å². The van der Waals surface area contributed by atoms with Crippen LogP contribution in [-0.4, -0.2) is 57.4 Å². The van der Waals surface area contributed by atoms with Crippen molar-refractivity contribution in [3.63, 3.8) is 0 Å². The van der Waals surface area contributed by atoms with Gasteiger partial charge in [0, 0.05) is 19.5 Å². The summed E-state index contributed by atoms with van der Waals surface area (Å²) in [7, 11) is -2.29. The van der Waals surface area contributed by atoms with Gasteiger partial charge in [-0.2, -0.15) is 4.31 Å². The molecular weight excluding hydrogens is 456 g/mol. The number of sulfonamides is 1. The fourth-order valence-corrected chi connectivity index (χ4v) is 5.07. The van der Waals surface area contributed by atoms with E-state index in [-0.39, 0.29) is 16.2 Å². The van der Waals surface area contributed by atoms with E-state index in [9.17, 15) is 22.8 Å². The molecule has 32 heavy (non-hydrogen) atoms. The minimum absolute atomic E-state index is 0.0291. The summed E-state index contributed by atoms with van der Waals surface area (Å²) in [6, 6.07) is 7.90. The second-order valence-electron chi connectivity index (χ2n) is 6.60. The average molecular weight is 483 g/mol. The zero-order valence-electron chi connectivity index (χ0n) is 18.1. The summed E-state index contributed by atoms with van der Waals surface area (Å²) in [5.74, 6) is -1.71. The predicted octanol–water partition coefficient (Wildman–Crippen LogP) is 2.68. The topological polar surface area (TPSA) is 119 Å². The molecule has 0 aliphatic carbocycles. The van der Waals surface area contributed by atoms with Crippen LogP contribution in [0.1, 0.15) is 35.5 Å². The second kappa shape index (κ2) is 11.7. The van der Waals surface area contributed by atoms with E-state index in [0.717, 1.165) is 16.9 Å². The third kappa shape index (κ3) is 6.62. The normalized spacial score (nSPS) is 11.2. The number of aryl methyl sites for hydroxylation is 1. The van der Waals surface area contributed by atoms with Crippen LogP contribution in [0.2, 0.25) is 0 Å². The first kappa shape index (κ1) is 25.5. The van der Waals surface area contributed by atoms with Crippen LogP contribution in [0, 0.1) is 0 Å². The Morgan fingerprint density at radius 1 is 1.06 bits per heavy atom. The molecule has 0 radical (unpaired) electrons. The summed E-state index contributed by atoms with van der Waals surface area (Å²) < 4.78 is 36.0. The minimum atomic E-state index is -3.53. The molecule has 0 atom stereocenters. The highest BCUT2D eigenvalue weighted by Crippen LogP contribution is 2.23. The van der Waals surface area contributed by atoms with Crippen molar-refractivity contribution < 1.29 is 32.3 Å². The number of nitrogens with zero attached hydrogens (tertiary/aromatic N) is 1. The van der Waals surface area contributed by atoms with Crippen molar-refractivity contribution in [2.75, 3.05) is 32.1 Å². The van der Waals surface area contributed by atoms with Crippen molar-refractivity contribution in [3.8, 4) is 0 Å². The summed E-state index contributed by atoms with van der Waals surface area (Å²) in [5.41, 5.74) is 1.06. The second-order valence-corrected chi connectivity index (χ2v) is 9.45. The zero-order chi connectivity index (χ0) is 23.7. The molecule has 0 saturated carbocycles. The molecule has 174 valence electrons. The lowest BCUT2D eigenvalue weighted by molar-refractivity contribution is -0.147. The van der Waals surface area contributed by atoms with Gasteiger partial charge in [0.15, 0.2) is 6.61 Å². The molecule has 1 heterocycles. The zero-order valence-corrected chi connectivity index (χ0v) is 19.8. The van der Waals surface area contributed by atoms with Gasteiger partial charge in [0.1, 0.15) is 4.88 Å². The number of hydrogen-bond donors (Lipinski definition) is 1.